The minimum atomic E-state index is -0.320. The van der Waals surface area contributed by atoms with Gasteiger partial charge >= 0.3 is 5.69 Å². The molecule has 1 fully saturated rings. The fraction of sp³-hybridized carbons (Fsp3) is 0.769. The van der Waals surface area contributed by atoms with E-state index in [0.29, 0.717) is 24.0 Å². The van der Waals surface area contributed by atoms with E-state index in [9.17, 15) is 10.1 Å². The maximum atomic E-state index is 11.3. The van der Waals surface area contributed by atoms with E-state index in [-0.39, 0.29) is 16.7 Å². The van der Waals surface area contributed by atoms with E-state index >= 15 is 0 Å². The Morgan fingerprint density at radius 1 is 1.60 bits per heavy atom. The molecule has 1 aliphatic heterocycles. The van der Waals surface area contributed by atoms with E-state index in [4.69, 9.17) is 5.73 Å². The Kier molecular flexibility index (Phi) is 4.27. The third kappa shape index (κ3) is 2.63. The Balaban J connectivity index is 2.38. The monoisotopic (exact) mass is 281 g/mol. The van der Waals surface area contributed by atoms with Crippen molar-refractivity contribution >= 4 is 11.5 Å². The number of rotatable bonds is 4. The van der Waals surface area contributed by atoms with E-state index in [1.165, 1.54) is 0 Å². The van der Waals surface area contributed by atoms with Crippen molar-refractivity contribution in [3.05, 3.63) is 15.8 Å². The average molecular weight is 281 g/mol. The first-order chi connectivity index (χ1) is 9.45. The van der Waals surface area contributed by atoms with Gasteiger partial charge in [0.2, 0.25) is 5.82 Å². The van der Waals surface area contributed by atoms with Gasteiger partial charge in [0.05, 0.1) is 4.92 Å². The van der Waals surface area contributed by atoms with Gasteiger partial charge < -0.3 is 10.6 Å². The molecule has 7 heteroatoms. The molecule has 0 saturated carbocycles. The molecular formula is C13H23N5O2. The predicted octanol–water partition coefficient (Wildman–Crippen LogP) is 1.68. The van der Waals surface area contributed by atoms with Gasteiger partial charge in [0.25, 0.3) is 0 Å². The molecule has 2 heterocycles. The van der Waals surface area contributed by atoms with Gasteiger partial charge in [-0.15, -0.1) is 0 Å². The molecule has 1 saturated heterocycles. The molecule has 0 bridgehead atoms. The number of aromatic nitrogens is 2. The van der Waals surface area contributed by atoms with Crippen LogP contribution in [0, 0.1) is 23.0 Å². The van der Waals surface area contributed by atoms with Gasteiger partial charge in [-0.3, -0.25) is 10.1 Å². The molecule has 1 aliphatic rings. The maximum Gasteiger partial charge on any atom is 0.333 e. The number of nitro groups is 1. The zero-order chi connectivity index (χ0) is 14.9. The van der Waals surface area contributed by atoms with E-state index in [1.54, 1.807) is 11.6 Å². The van der Waals surface area contributed by atoms with Crippen LogP contribution < -0.4 is 10.6 Å². The summed E-state index contributed by atoms with van der Waals surface area (Å²) in [6, 6.07) is 0.107. The lowest BCUT2D eigenvalue weighted by Crippen LogP contribution is -2.43. The zero-order valence-electron chi connectivity index (χ0n) is 12.4. The quantitative estimate of drug-likeness (QED) is 0.670. The fourth-order valence-corrected chi connectivity index (χ4v) is 2.94. The second-order valence-corrected chi connectivity index (χ2v) is 5.54. The molecule has 1 aromatic rings. The van der Waals surface area contributed by atoms with Crippen LogP contribution in [0.15, 0.2) is 0 Å². The number of piperidine rings is 1. The number of nitrogens with two attached hydrogens (primary N) is 1. The summed E-state index contributed by atoms with van der Waals surface area (Å²) < 4.78 is 1.73. The number of anilines is 1. The first kappa shape index (κ1) is 14.8. The van der Waals surface area contributed by atoms with E-state index in [2.05, 4.69) is 10.00 Å². The van der Waals surface area contributed by atoms with Gasteiger partial charge in [-0.25, -0.2) is 4.68 Å². The van der Waals surface area contributed by atoms with Gasteiger partial charge in [0.15, 0.2) is 0 Å². The number of hydrogen-bond acceptors (Lipinski definition) is 5. The standard InChI is InChI=1S/C13H23N5O2/c1-4-17-13(12(18(19)20)10(3)15-17)16-7-5-6-11(8-16)9(2)14/h9,11H,4-8,14H2,1-3H3. The summed E-state index contributed by atoms with van der Waals surface area (Å²) in [4.78, 5) is 13.1. The topological polar surface area (TPSA) is 90.2 Å². The van der Waals surface area contributed by atoms with Crippen LogP contribution >= 0.6 is 0 Å². The number of nitrogens with zero attached hydrogens (tertiary/aromatic N) is 4. The van der Waals surface area contributed by atoms with Crippen molar-refractivity contribution in [2.45, 2.75) is 46.2 Å². The molecule has 2 atom stereocenters. The molecular weight excluding hydrogens is 258 g/mol. The second kappa shape index (κ2) is 5.78. The smallest absolute Gasteiger partial charge is 0.333 e. The molecule has 2 rings (SSSR count). The van der Waals surface area contributed by atoms with Crippen molar-refractivity contribution in [2.75, 3.05) is 18.0 Å². The summed E-state index contributed by atoms with van der Waals surface area (Å²) in [5, 5.41) is 15.6. The van der Waals surface area contributed by atoms with Crippen LogP contribution in [0.5, 0.6) is 0 Å². The highest BCUT2D eigenvalue weighted by Crippen LogP contribution is 2.34. The lowest BCUT2D eigenvalue weighted by atomic mass is 9.92. The van der Waals surface area contributed by atoms with Crippen LogP contribution in [0.4, 0.5) is 11.5 Å². The fourth-order valence-electron chi connectivity index (χ4n) is 2.94. The normalized spacial score (nSPS) is 21.0. The maximum absolute atomic E-state index is 11.3. The molecule has 2 N–H and O–H groups in total. The molecule has 2 unspecified atom stereocenters. The van der Waals surface area contributed by atoms with Crippen LogP contribution in [0.1, 0.15) is 32.4 Å². The van der Waals surface area contributed by atoms with E-state index in [0.717, 1.165) is 25.9 Å². The third-order valence-electron chi connectivity index (χ3n) is 4.05. The lowest BCUT2D eigenvalue weighted by molar-refractivity contribution is -0.384. The van der Waals surface area contributed by atoms with Crippen molar-refractivity contribution in [3.63, 3.8) is 0 Å². The van der Waals surface area contributed by atoms with Gasteiger partial charge in [0.1, 0.15) is 5.69 Å². The van der Waals surface area contributed by atoms with Crippen LogP contribution in [0.3, 0.4) is 0 Å². The first-order valence-electron chi connectivity index (χ1n) is 7.18. The Hall–Kier alpha value is -1.63. The van der Waals surface area contributed by atoms with Crippen molar-refractivity contribution in [1.29, 1.82) is 0 Å². The summed E-state index contributed by atoms with van der Waals surface area (Å²) in [5.41, 5.74) is 6.62. The summed E-state index contributed by atoms with van der Waals surface area (Å²) in [5.74, 6) is 1.02. The summed E-state index contributed by atoms with van der Waals surface area (Å²) >= 11 is 0. The minimum absolute atomic E-state index is 0.107. The average Bonchev–Trinajstić information content (AvgIpc) is 2.75. The van der Waals surface area contributed by atoms with Crippen molar-refractivity contribution in [2.24, 2.45) is 11.7 Å². The van der Waals surface area contributed by atoms with Crippen LogP contribution in [0.25, 0.3) is 0 Å². The van der Waals surface area contributed by atoms with Gasteiger partial charge in [-0.1, -0.05) is 0 Å². The Morgan fingerprint density at radius 3 is 2.85 bits per heavy atom. The summed E-state index contributed by atoms with van der Waals surface area (Å²) in [6.07, 6.45) is 2.10. The minimum Gasteiger partial charge on any atom is -0.351 e. The Labute approximate surface area is 118 Å². The number of hydrogen-bond donors (Lipinski definition) is 1. The first-order valence-corrected chi connectivity index (χ1v) is 7.18. The largest absolute Gasteiger partial charge is 0.351 e. The molecule has 0 spiro atoms. The lowest BCUT2D eigenvalue weighted by Gasteiger charge is -2.35. The van der Waals surface area contributed by atoms with Crippen LogP contribution in [-0.2, 0) is 6.54 Å². The van der Waals surface area contributed by atoms with E-state index < -0.39 is 0 Å². The molecule has 0 aliphatic carbocycles. The summed E-state index contributed by atoms with van der Waals surface area (Å²) in [6.45, 7) is 7.88. The number of aryl methyl sites for hydroxylation is 2. The van der Waals surface area contributed by atoms with Crippen LogP contribution in [0.2, 0.25) is 0 Å². The molecule has 0 amide bonds. The molecule has 20 heavy (non-hydrogen) atoms. The van der Waals surface area contributed by atoms with E-state index in [1.807, 2.05) is 13.8 Å². The predicted molar refractivity (Wildman–Crippen MR) is 77.9 cm³/mol. The van der Waals surface area contributed by atoms with Gasteiger partial charge in [0, 0.05) is 25.7 Å². The zero-order valence-corrected chi connectivity index (χ0v) is 12.4. The molecule has 112 valence electrons. The van der Waals surface area contributed by atoms with Crippen molar-refractivity contribution < 1.29 is 4.92 Å². The third-order valence-corrected chi connectivity index (χ3v) is 4.05. The molecule has 1 aromatic heterocycles. The van der Waals surface area contributed by atoms with Crippen molar-refractivity contribution in [3.8, 4) is 0 Å². The molecule has 0 aromatic carbocycles. The van der Waals surface area contributed by atoms with Crippen molar-refractivity contribution in [1.82, 2.24) is 9.78 Å². The highest BCUT2D eigenvalue weighted by Gasteiger charge is 2.32. The van der Waals surface area contributed by atoms with Gasteiger partial charge in [-0.2, -0.15) is 5.10 Å². The Morgan fingerprint density at radius 2 is 2.30 bits per heavy atom. The Bertz CT molecular complexity index is 497. The SMILES string of the molecule is CCn1nc(C)c([N+](=O)[O-])c1N1CCCC(C(C)N)C1. The highest BCUT2D eigenvalue weighted by atomic mass is 16.6. The molecule has 7 nitrogen and oxygen atoms in total. The van der Waals surface area contributed by atoms with Crippen LogP contribution in [-0.4, -0.2) is 33.8 Å². The molecule has 0 radical (unpaired) electrons. The second-order valence-electron chi connectivity index (χ2n) is 5.54. The van der Waals surface area contributed by atoms with Gasteiger partial charge in [-0.05, 0) is 39.5 Å². The highest BCUT2D eigenvalue weighted by molar-refractivity contribution is 5.61. The summed E-state index contributed by atoms with van der Waals surface area (Å²) in [7, 11) is 0.